The minimum atomic E-state index is -3.90. The van der Waals surface area contributed by atoms with Crippen molar-refractivity contribution >= 4 is 54.7 Å². The van der Waals surface area contributed by atoms with Gasteiger partial charge in [0, 0.05) is 28.9 Å². The SMILES string of the molecule is N#Cc1ccccc1S(=O)(=O)Nc1ccc(CNc2cc(-c3ccccc3Cl)nc3c(Br)cnn23)cc1. The predicted molar refractivity (Wildman–Crippen MR) is 147 cm³/mol. The zero-order valence-electron chi connectivity index (χ0n) is 19.1. The Balaban J connectivity index is 1.36. The van der Waals surface area contributed by atoms with Crippen molar-refractivity contribution in [1.82, 2.24) is 14.6 Å². The van der Waals surface area contributed by atoms with Crippen molar-refractivity contribution in [1.29, 1.82) is 5.26 Å². The molecule has 5 aromatic rings. The maximum Gasteiger partial charge on any atom is 0.263 e. The number of nitrogens with zero attached hydrogens (tertiary/aromatic N) is 4. The highest BCUT2D eigenvalue weighted by atomic mass is 79.9. The largest absolute Gasteiger partial charge is 0.366 e. The Morgan fingerprint density at radius 3 is 2.51 bits per heavy atom. The minimum absolute atomic E-state index is 0.0651. The molecular weight excluding hydrogens is 576 g/mol. The summed E-state index contributed by atoms with van der Waals surface area (Å²) in [5.41, 5.74) is 3.53. The number of hydrogen-bond donors (Lipinski definition) is 2. The van der Waals surface area contributed by atoms with Gasteiger partial charge in [-0.2, -0.15) is 14.9 Å². The molecule has 2 heterocycles. The Morgan fingerprint density at radius 1 is 1.03 bits per heavy atom. The van der Waals surface area contributed by atoms with Gasteiger partial charge in [-0.3, -0.25) is 4.72 Å². The summed E-state index contributed by atoms with van der Waals surface area (Å²) in [4.78, 5) is 4.64. The quantitative estimate of drug-likeness (QED) is 0.236. The number of rotatable bonds is 7. The smallest absolute Gasteiger partial charge is 0.263 e. The van der Waals surface area contributed by atoms with E-state index in [0.29, 0.717) is 34.4 Å². The van der Waals surface area contributed by atoms with E-state index in [4.69, 9.17) is 16.6 Å². The number of fused-ring (bicyclic) bond motifs is 1. The Hall–Kier alpha value is -3.91. The molecule has 0 aliphatic heterocycles. The number of halogens is 2. The van der Waals surface area contributed by atoms with Crippen molar-refractivity contribution in [3.63, 3.8) is 0 Å². The van der Waals surface area contributed by atoms with Gasteiger partial charge in [0.05, 0.1) is 21.9 Å². The summed E-state index contributed by atoms with van der Waals surface area (Å²) in [5.74, 6) is 0.712. The lowest BCUT2D eigenvalue weighted by Crippen LogP contribution is -2.14. The topological polar surface area (TPSA) is 112 Å². The Morgan fingerprint density at radius 2 is 1.76 bits per heavy atom. The second-order valence-electron chi connectivity index (χ2n) is 8.00. The van der Waals surface area contributed by atoms with Crippen LogP contribution in [0.3, 0.4) is 0 Å². The van der Waals surface area contributed by atoms with Crippen LogP contribution in [0.1, 0.15) is 11.1 Å². The van der Waals surface area contributed by atoms with E-state index in [-0.39, 0.29) is 10.5 Å². The highest BCUT2D eigenvalue weighted by Gasteiger charge is 2.18. The van der Waals surface area contributed by atoms with Gasteiger partial charge in [-0.15, -0.1) is 0 Å². The number of nitriles is 1. The van der Waals surface area contributed by atoms with Crippen molar-refractivity contribution in [3.8, 4) is 17.3 Å². The third kappa shape index (κ3) is 5.15. The van der Waals surface area contributed by atoms with Crippen molar-refractivity contribution in [2.45, 2.75) is 11.4 Å². The van der Waals surface area contributed by atoms with E-state index in [1.807, 2.05) is 48.5 Å². The molecule has 0 radical (unpaired) electrons. The van der Waals surface area contributed by atoms with E-state index in [1.54, 1.807) is 35.0 Å². The van der Waals surface area contributed by atoms with Crippen molar-refractivity contribution in [2.24, 2.45) is 0 Å². The molecule has 11 heteroatoms. The number of aromatic nitrogens is 3. The molecule has 3 aromatic carbocycles. The molecule has 5 rings (SSSR count). The number of nitrogens with one attached hydrogen (secondary N) is 2. The molecule has 184 valence electrons. The zero-order chi connectivity index (χ0) is 26.0. The summed E-state index contributed by atoms with van der Waals surface area (Å²) < 4.78 is 30.5. The van der Waals surface area contributed by atoms with E-state index in [9.17, 15) is 13.7 Å². The fourth-order valence-electron chi connectivity index (χ4n) is 3.76. The summed E-state index contributed by atoms with van der Waals surface area (Å²) in [6, 6.07) is 24.3. The summed E-state index contributed by atoms with van der Waals surface area (Å²) in [7, 11) is -3.90. The highest BCUT2D eigenvalue weighted by molar-refractivity contribution is 9.10. The van der Waals surface area contributed by atoms with Gasteiger partial charge < -0.3 is 5.32 Å². The highest BCUT2D eigenvalue weighted by Crippen LogP contribution is 2.30. The lowest BCUT2D eigenvalue weighted by atomic mass is 10.1. The van der Waals surface area contributed by atoms with Crippen LogP contribution >= 0.6 is 27.5 Å². The minimum Gasteiger partial charge on any atom is -0.366 e. The van der Waals surface area contributed by atoms with Crippen LogP contribution in [0.15, 0.2) is 94.4 Å². The maximum atomic E-state index is 12.8. The fraction of sp³-hybridized carbons (Fsp3) is 0.0385. The second-order valence-corrected chi connectivity index (χ2v) is 10.9. The number of benzene rings is 3. The Kier molecular flexibility index (Phi) is 6.84. The molecule has 0 fully saturated rings. The normalized spacial score (nSPS) is 11.3. The van der Waals surface area contributed by atoms with Crippen LogP contribution in [0.5, 0.6) is 0 Å². The Bertz CT molecular complexity index is 1760. The van der Waals surface area contributed by atoms with Crippen LogP contribution in [0.25, 0.3) is 16.9 Å². The third-order valence-electron chi connectivity index (χ3n) is 5.56. The molecule has 0 saturated heterocycles. The number of anilines is 2. The Labute approximate surface area is 226 Å². The van der Waals surface area contributed by atoms with Gasteiger partial charge >= 0.3 is 0 Å². The molecule has 0 saturated carbocycles. The van der Waals surface area contributed by atoms with E-state index in [1.165, 1.54) is 12.1 Å². The lowest BCUT2D eigenvalue weighted by Gasteiger charge is -2.13. The van der Waals surface area contributed by atoms with E-state index in [2.05, 4.69) is 31.1 Å². The molecule has 0 spiro atoms. The first kappa shape index (κ1) is 24.8. The van der Waals surface area contributed by atoms with Crippen LogP contribution < -0.4 is 10.0 Å². The standard InChI is InChI=1S/C26H18BrClN6O2S/c27-21-16-31-34-25(13-23(32-26(21)34)20-6-2-3-7-22(20)28)30-15-17-9-11-19(12-10-17)33-37(35,36)24-8-4-1-5-18(24)14-29/h1-13,16,30,33H,15H2. The van der Waals surface area contributed by atoms with Crippen molar-refractivity contribution in [3.05, 3.63) is 106 Å². The summed E-state index contributed by atoms with van der Waals surface area (Å²) in [5, 5.41) is 17.6. The summed E-state index contributed by atoms with van der Waals surface area (Å²) in [6.45, 7) is 0.447. The van der Waals surface area contributed by atoms with Gasteiger partial charge in [0.1, 0.15) is 16.8 Å². The molecule has 37 heavy (non-hydrogen) atoms. The van der Waals surface area contributed by atoms with E-state index >= 15 is 0 Å². The van der Waals surface area contributed by atoms with Crippen LogP contribution in [0, 0.1) is 11.3 Å². The first-order chi connectivity index (χ1) is 17.9. The summed E-state index contributed by atoms with van der Waals surface area (Å²) >= 11 is 9.91. The van der Waals surface area contributed by atoms with Crippen LogP contribution in [-0.4, -0.2) is 23.0 Å². The molecule has 0 aliphatic carbocycles. The fourth-order valence-corrected chi connectivity index (χ4v) is 5.55. The van der Waals surface area contributed by atoms with Gasteiger partial charge in [-0.1, -0.05) is 54.1 Å². The predicted octanol–water partition coefficient (Wildman–Crippen LogP) is 6.10. The molecule has 0 bridgehead atoms. The average molecular weight is 594 g/mol. The van der Waals surface area contributed by atoms with Gasteiger partial charge in [0.2, 0.25) is 0 Å². The molecule has 2 aromatic heterocycles. The van der Waals surface area contributed by atoms with Crippen LogP contribution in [-0.2, 0) is 16.6 Å². The summed E-state index contributed by atoms with van der Waals surface area (Å²) in [6.07, 6.45) is 1.68. The molecular formula is C26H18BrClN6O2S. The first-order valence-corrected chi connectivity index (χ1v) is 13.6. The monoisotopic (exact) mass is 592 g/mol. The molecule has 0 amide bonds. The molecule has 8 nitrogen and oxygen atoms in total. The van der Waals surface area contributed by atoms with Crippen LogP contribution in [0.4, 0.5) is 11.5 Å². The molecule has 0 unspecified atom stereocenters. The van der Waals surface area contributed by atoms with Gasteiger partial charge in [-0.25, -0.2) is 13.4 Å². The third-order valence-corrected chi connectivity index (χ3v) is 7.88. The molecule has 2 N–H and O–H groups in total. The van der Waals surface area contributed by atoms with Crippen LogP contribution in [0.2, 0.25) is 5.02 Å². The van der Waals surface area contributed by atoms with Crippen molar-refractivity contribution in [2.75, 3.05) is 10.0 Å². The number of hydrogen-bond acceptors (Lipinski definition) is 6. The van der Waals surface area contributed by atoms with Gasteiger partial charge in [0.15, 0.2) is 5.65 Å². The average Bonchev–Trinajstić information content (AvgIpc) is 3.28. The van der Waals surface area contributed by atoms with Gasteiger partial charge in [0.25, 0.3) is 10.0 Å². The lowest BCUT2D eigenvalue weighted by molar-refractivity contribution is 0.601. The van der Waals surface area contributed by atoms with E-state index < -0.39 is 10.0 Å². The number of sulfonamides is 1. The first-order valence-electron chi connectivity index (χ1n) is 11.0. The van der Waals surface area contributed by atoms with Crippen molar-refractivity contribution < 1.29 is 8.42 Å². The van der Waals surface area contributed by atoms with Gasteiger partial charge in [-0.05, 0) is 51.8 Å². The molecule has 0 atom stereocenters. The second kappa shape index (κ2) is 10.2. The molecule has 0 aliphatic rings. The maximum absolute atomic E-state index is 12.8. The zero-order valence-corrected chi connectivity index (χ0v) is 22.2. The van der Waals surface area contributed by atoms with E-state index in [0.717, 1.165) is 15.6 Å².